The number of benzene rings is 3. The Bertz CT molecular complexity index is 2460. The number of aromatic hydroxyl groups is 1. The molecule has 6 heterocycles. The number of aromatic nitrogens is 2. The monoisotopic (exact) mass is 853 g/mol. The van der Waals surface area contributed by atoms with Crippen molar-refractivity contribution >= 4 is 52.6 Å². The van der Waals surface area contributed by atoms with Gasteiger partial charge in [0.2, 0.25) is 23.6 Å². The van der Waals surface area contributed by atoms with Crippen LogP contribution in [0.4, 0.5) is 17.2 Å². The van der Waals surface area contributed by atoms with Crippen LogP contribution in [0.2, 0.25) is 0 Å². The molecule has 0 bridgehead atoms. The number of carbonyl (C=O) groups excluding carboxylic acids is 6. The number of nitrogens with two attached hydrogens (primary N) is 1. The zero-order valence-corrected chi connectivity index (χ0v) is 35.0. The number of phenolic OH excluding ortho intramolecular Hbond substituents is 1. The number of nitrogen functional groups attached to an aromatic ring is 1. The lowest BCUT2D eigenvalue weighted by Gasteiger charge is -2.44. The molecule has 5 aliphatic rings. The number of likely N-dealkylation sites (tertiary alicyclic amines) is 1. The summed E-state index contributed by atoms with van der Waals surface area (Å²) < 4.78 is 0. The number of nitrogens with one attached hydrogen (secondary N) is 2. The molecule has 9 rings (SSSR count). The fraction of sp³-hybridized carbons (Fsp3) is 0.404. The van der Waals surface area contributed by atoms with Gasteiger partial charge >= 0.3 is 0 Å². The third-order valence-electron chi connectivity index (χ3n) is 13.7. The van der Waals surface area contributed by atoms with Gasteiger partial charge in [0, 0.05) is 69.3 Å². The van der Waals surface area contributed by atoms with E-state index in [1.807, 2.05) is 35.2 Å². The van der Waals surface area contributed by atoms with Crippen LogP contribution >= 0.6 is 0 Å². The van der Waals surface area contributed by atoms with Gasteiger partial charge < -0.3 is 30.9 Å². The predicted molar refractivity (Wildman–Crippen MR) is 233 cm³/mol. The minimum absolute atomic E-state index is 0.00214. The summed E-state index contributed by atoms with van der Waals surface area (Å²) in [6.07, 6.45) is 4.62. The Morgan fingerprint density at radius 1 is 0.762 bits per heavy atom. The molecule has 16 heteroatoms. The lowest BCUT2D eigenvalue weighted by molar-refractivity contribution is -0.138. The normalized spacial score (nSPS) is 20.7. The molecule has 0 saturated carbocycles. The molecule has 5 aliphatic heterocycles. The number of imide groups is 2. The summed E-state index contributed by atoms with van der Waals surface area (Å²) in [4.78, 5) is 85.5. The van der Waals surface area contributed by atoms with Gasteiger partial charge in [0.15, 0.2) is 5.82 Å². The molecule has 3 aromatic carbocycles. The smallest absolute Gasteiger partial charge is 0.262 e. The maximum atomic E-state index is 13.9. The lowest BCUT2D eigenvalue weighted by atomic mass is 9.80. The van der Waals surface area contributed by atoms with E-state index in [2.05, 4.69) is 42.8 Å². The van der Waals surface area contributed by atoms with Gasteiger partial charge in [-0.15, -0.1) is 10.2 Å². The van der Waals surface area contributed by atoms with Crippen LogP contribution in [0.15, 0.2) is 78.9 Å². The van der Waals surface area contributed by atoms with Crippen LogP contribution in [0, 0.1) is 11.8 Å². The van der Waals surface area contributed by atoms with Crippen molar-refractivity contribution < 1.29 is 33.9 Å². The molecule has 63 heavy (non-hydrogen) atoms. The Morgan fingerprint density at radius 3 is 2.17 bits per heavy atom. The highest BCUT2D eigenvalue weighted by Gasteiger charge is 2.45. The molecule has 4 saturated heterocycles. The molecule has 1 aromatic heterocycles. The maximum Gasteiger partial charge on any atom is 0.262 e. The molecule has 0 aliphatic carbocycles. The van der Waals surface area contributed by atoms with Gasteiger partial charge in [-0.05, 0) is 92.8 Å². The number of carbonyl (C=O) groups is 6. The van der Waals surface area contributed by atoms with Crippen molar-refractivity contribution in [1.82, 2.24) is 30.6 Å². The Labute approximate surface area is 364 Å². The minimum atomic E-state index is -1.02. The van der Waals surface area contributed by atoms with Crippen molar-refractivity contribution in [2.24, 2.45) is 11.8 Å². The number of piperidine rings is 4. The number of phenols is 1. The highest BCUT2D eigenvalue weighted by atomic mass is 16.3. The topological polar surface area (TPSA) is 211 Å². The van der Waals surface area contributed by atoms with E-state index < -0.39 is 35.2 Å². The molecule has 6 amide bonds. The van der Waals surface area contributed by atoms with Crippen molar-refractivity contribution in [1.29, 1.82) is 0 Å². The molecular formula is C47H51N9O7. The second-order valence-corrected chi connectivity index (χ2v) is 17.4. The van der Waals surface area contributed by atoms with E-state index in [9.17, 15) is 33.9 Å². The van der Waals surface area contributed by atoms with Crippen LogP contribution in [0.25, 0.3) is 11.3 Å². The van der Waals surface area contributed by atoms with E-state index in [1.54, 1.807) is 36.4 Å². The van der Waals surface area contributed by atoms with Crippen molar-refractivity contribution in [3.8, 4) is 17.0 Å². The number of hydrogen-bond acceptors (Lipinski definition) is 12. The average molecular weight is 854 g/mol. The Kier molecular flexibility index (Phi) is 11.3. The first-order valence-corrected chi connectivity index (χ1v) is 21.9. The molecule has 1 unspecified atom stereocenters. The summed E-state index contributed by atoms with van der Waals surface area (Å²) in [6.45, 7) is 3.65. The van der Waals surface area contributed by atoms with Gasteiger partial charge in [0.25, 0.3) is 11.8 Å². The van der Waals surface area contributed by atoms with Gasteiger partial charge in [0.1, 0.15) is 11.8 Å². The number of anilines is 3. The van der Waals surface area contributed by atoms with Crippen LogP contribution in [0.5, 0.6) is 5.75 Å². The van der Waals surface area contributed by atoms with Crippen molar-refractivity contribution in [2.45, 2.75) is 69.4 Å². The minimum Gasteiger partial charge on any atom is -0.507 e. The highest BCUT2D eigenvalue weighted by Crippen LogP contribution is 2.39. The second-order valence-electron chi connectivity index (χ2n) is 17.4. The van der Waals surface area contributed by atoms with Crippen molar-refractivity contribution in [3.05, 3.63) is 95.6 Å². The zero-order chi connectivity index (χ0) is 43.8. The molecule has 16 nitrogen and oxygen atoms in total. The van der Waals surface area contributed by atoms with Gasteiger partial charge in [-0.1, -0.05) is 42.5 Å². The first-order chi connectivity index (χ1) is 30.5. The number of hydrogen-bond donors (Lipinski definition) is 4. The number of para-hydroxylation sites is 1. The van der Waals surface area contributed by atoms with E-state index in [0.717, 1.165) is 34.7 Å². The average Bonchev–Trinajstić information content (AvgIpc) is 3.55. The van der Waals surface area contributed by atoms with Gasteiger partial charge in [-0.3, -0.25) is 39.0 Å². The largest absolute Gasteiger partial charge is 0.507 e. The lowest BCUT2D eigenvalue weighted by Crippen LogP contribution is -2.54. The number of amides is 6. The molecule has 326 valence electrons. The van der Waals surface area contributed by atoms with Crippen molar-refractivity contribution in [3.63, 3.8) is 0 Å². The van der Waals surface area contributed by atoms with Crippen LogP contribution < -0.4 is 26.2 Å². The summed E-state index contributed by atoms with van der Waals surface area (Å²) in [5, 5.41) is 24.6. The summed E-state index contributed by atoms with van der Waals surface area (Å²) in [6, 6.07) is 23.0. The zero-order valence-electron chi connectivity index (χ0n) is 35.0. The van der Waals surface area contributed by atoms with Gasteiger partial charge in [-0.2, -0.15) is 0 Å². The van der Waals surface area contributed by atoms with Gasteiger partial charge in [-0.25, -0.2) is 0 Å². The first-order valence-electron chi connectivity index (χ1n) is 21.9. The van der Waals surface area contributed by atoms with Crippen LogP contribution in [-0.4, -0.2) is 106 Å². The maximum absolute atomic E-state index is 13.9. The number of fused-ring (bicyclic) bond motifs is 1. The molecule has 5 N–H and O–H groups in total. The number of nitrogens with zero attached hydrogens (tertiary/aromatic N) is 6. The van der Waals surface area contributed by atoms with E-state index in [4.69, 9.17) is 5.73 Å². The predicted octanol–water partition coefficient (Wildman–Crippen LogP) is 3.99. The van der Waals surface area contributed by atoms with Crippen molar-refractivity contribution in [2.75, 3.05) is 54.8 Å². The van der Waals surface area contributed by atoms with Crippen LogP contribution in [0.1, 0.15) is 84.1 Å². The summed E-state index contributed by atoms with van der Waals surface area (Å²) in [5.41, 5.74) is 9.91. The quantitative estimate of drug-likeness (QED) is 0.176. The van der Waals surface area contributed by atoms with Crippen LogP contribution in [-0.2, 0) is 24.7 Å². The third kappa shape index (κ3) is 8.17. The highest BCUT2D eigenvalue weighted by molar-refractivity contribution is 6.23. The van der Waals surface area contributed by atoms with E-state index in [1.165, 1.54) is 0 Å². The van der Waals surface area contributed by atoms with E-state index in [0.29, 0.717) is 88.4 Å². The van der Waals surface area contributed by atoms with E-state index in [-0.39, 0.29) is 53.4 Å². The number of rotatable bonds is 9. The van der Waals surface area contributed by atoms with Crippen LogP contribution in [0.3, 0.4) is 0 Å². The summed E-state index contributed by atoms with van der Waals surface area (Å²) in [7, 11) is 0. The van der Waals surface area contributed by atoms with Gasteiger partial charge in [0.05, 0.1) is 28.0 Å². The molecule has 0 spiro atoms. The second kappa shape index (κ2) is 17.1. The molecule has 4 aromatic rings. The molecular weight excluding hydrogens is 803 g/mol. The molecule has 1 atom stereocenters. The third-order valence-corrected chi connectivity index (χ3v) is 13.7. The summed E-state index contributed by atoms with van der Waals surface area (Å²) in [5.74, 6) is -1.56. The molecule has 0 radical (unpaired) electrons. The standard InChI is InChI=1S/C47H51N9O7/c48-42-38(28-36(51-52-42)34-8-4-5-9-39(34)57)54-24-18-47(19-25-54,31-6-2-1-3-7-31)50-41(59)26-29-14-20-55(21-15-29)44(61)30-16-22-53(23-17-30)32-10-11-33-35(27-32)46(63)56(45(33)62)37-12-13-40(58)49-43(37)60/h1-11,27-30,37,57H,12-26H2,(H2,48,52)(H,50,59)(H,49,58,60). The fourth-order valence-electron chi connectivity index (χ4n) is 10.1. The fourth-order valence-corrected chi connectivity index (χ4v) is 10.1. The first kappa shape index (κ1) is 41.5. The Morgan fingerprint density at radius 2 is 1.46 bits per heavy atom. The Balaban J connectivity index is 0.768. The van der Waals surface area contributed by atoms with E-state index >= 15 is 0 Å². The SMILES string of the molecule is Nc1nnc(-c2ccccc2O)cc1N1CCC(NC(=O)CC2CCN(C(=O)C3CCN(c4ccc5c(c4)C(=O)N(C4CCC(=O)NC4=O)C5=O)CC3)CC2)(c2ccccc2)CC1. The molecule has 4 fully saturated rings. The summed E-state index contributed by atoms with van der Waals surface area (Å²) >= 11 is 0. The Hall–Kier alpha value is -6.84.